The number of rotatable bonds is 5. The zero-order valence-electron chi connectivity index (χ0n) is 14.3. The highest BCUT2D eigenvalue weighted by atomic mass is 16.6. The van der Waals surface area contributed by atoms with Gasteiger partial charge in [-0.15, -0.1) is 0 Å². The number of alkyl carbamates (subject to hydrolysis) is 1. The van der Waals surface area contributed by atoms with Crippen molar-refractivity contribution in [2.45, 2.75) is 66.7 Å². The molecule has 21 heavy (non-hydrogen) atoms. The van der Waals surface area contributed by atoms with Crippen LogP contribution >= 0.6 is 0 Å². The van der Waals surface area contributed by atoms with E-state index in [2.05, 4.69) is 35.6 Å². The maximum absolute atomic E-state index is 11.8. The third-order valence-electron chi connectivity index (χ3n) is 3.54. The summed E-state index contributed by atoms with van der Waals surface area (Å²) in [5.74, 6) is 1.15. The summed E-state index contributed by atoms with van der Waals surface area (Å²) in [6.45, 7) is 15.0. The molecule has 0 aliphatic carbocycles. The number of hydrogen-bond acceptors (Lipinski definition) is 3. The average molecular weight is 295 g/mol. The average Bonchev–Trinajstić information content (AvgIpc) is 2.73. The van der Waals surface area contributed by atoms with E-state index in [1.165, 1.54) is 0 Å². The molecule has 0 aliphatic rings. The highest BCUT2D eigenvalue weighted by molar-refractivity contribution is 5.68. The van der Waals surface area contributed by atoms with E-state index < -0.39 is 11.7 Å². The molecule has 1 aromatic heterocycles. The van der Waals surface area contributed by atoms with Crippen molar-refractivity contribution in [3.8, 4) is 0 Å². The van der Waals surface area contributed by atoms with E-state index in [9.17, 15) is 4.79 Å². The van der Waals surface area contributed by atoms with Crippen LogP contribution in [0.25, 0.3) is 0 Å². The molecule has 1 aromatic rings. The first-order valence-corrected chi connectivity index (χ1v) is 7.59. The van der Waals surface area contributed by atoms with E-state index in [1.807, 2.05) is 34.0 Å². The van der Waals surface area contributed by atoms with Gasteiger partial charge in [-0.2, -0.15) is 0 Å². The third kappa shape index (κ3) is 5.78. The molecule has 0 fully saturated rings. The van der Waals surface area contributed by atoms with Crippen molar-refractivity contribution in [1.82, 2.24) is 14.9 Å². The molecule has 0 spiro atoms. The third-order valence-corrected chi connectivity index (χ3v) is 3.54. The minimum absolute atomic E-state index is 0.137. The van der Waals surface area contributed by atoms with Gasteiger partial charge >= 0.3 is 6.09 Å². The molecule has 5 heteroatoms. The Balaban J connectivity index is 2.69. The molecule has 120 valence electrons. The van der Waals surface area contributed by atoms with E-state index in [4.69, 9.17) is 4.74 Å². The van der Waals surface area contributed by atoms with E-state index in [-0.39, 0.29) is 6.04 Å². The lowest BCUT2D eigenvalue weighted by molar-refractivity contribution is 0.0506. The molecule has 5 nitrogen and oxygen atoms in total. The number of aromatic nitrogens is 2. The van der Waals surface area contributed by atoms with Crippen LogP contribution in [0.2, 0.25) is 0 Å². The number of imidazole rings is 1. The van der Waals surface area contributed by atoms with Gasteiger partial charge in [0.1, 0.15) is 5.60 Å². The SMILES string of the molecule is CC(C)C(C)Cn1cncc1[C@H](C)NC(=O)OC(C)(C)C. The molecule has 1 rings (SSSR count). The summed E-state index contributed by atoms with van der Waals surface area (Å²) in [7, 11) is 0. The topological polar surface area (TPSA) is 56.2 Å². The number of amides is 1. The van der Waals surface area contributed by atoms with E-state index in [0.717, 1.165) is 12.2 Å². The van der Waals surface area contributed by atoms with Crippen molar-refractivity contribution in [2.75, 3.05) is 0 Å². The van der Waals surface area contributed by atoms with Gasteiger partial charge in [-0.05, 0) is 39.5 Å². The van der Waals surface area contributed by atoms with Crippen LogP contribution in [0.15, 0.2) is 12.5 Å². The molecule has 0 saturated carbocycles. The van der Waals surface area contributed by atoms with E-state index in [0.29, 0.717) is 11.8 Å². The van der Waals surface area contributed by atoms with Gasteiger partial charge in [-0.25, -0.2) is 9.78 Å². The van der Waals surface area contributed by atoms with Crippen molar-refractivity contribution < 1.29 is 9.53 Å². The summed E-state index contributed by atoms with van der Waals surface area (Å²) < 4.78 is 7.39. The maximum atomic E-state index is 11.8. The fourth-order valence-corrected chi connectivity index (χ4v) is 1.92. The van der Waals surface area contributed by atoms with Gasteiger partial charge in [-0.1, -0.05) is 20.8 Å². The van der Waals surface area contributed by atoms with Crippen LogP contribution in [0.3, 0.4) is 0 Å². The number of nitrogens with one attached hydrogen (secondary N) is 1. The normalized spacial score (nSPS) is 14.9. The van der Waals surface area contributed by atoms with E-state index >= 15 is 0 Å². The highest BCUT2D eigenvalue weighted by Crippen LogP contribution is 2.18. The predicted molar refractivity (Wildman–Crippen MR) is 84.0 cm³/mol. The second kappa shape index (κ2) is 6.96. The molecule has 2 atom stereocenters. The summed E-state index contributed by atoms with van der Waals surface area (Å²) in [5, 5.41) is 2.86. The predicted octanol–water partition coefficient (Wildman–Crippen LogP) is 3.76. The molecule has 0 aromatic carbocycles. The monoisotopic (exact) mass is 295 g/mol. The molecule has 0 aliphatic heterocycles. The second-order valence-corrected chi connectivity index (χ2v) is 7.06. The Morgan fingerprint density at radius 3 is 2.48 bits per heavy atom. The van der Waals surface area contributed by atoms with Crippen LogP contribution in [0.5, 0.6) is 0 Å². The van der Waals surface area contributed by atoms with Crippen LogP contribution in [0.4, 0.5) is 4.79 Å². The Hall–Kier alpha value is -1.52. The zero-order chi connectivity index (χ0) is 16.2. The second-order valence-electron chi connectivity index (χ2n) is 7.06. The van der Waals surface area contributed by atoms with Crippen LogP contribution < -0.4 is 5.32 Å². The minimum atomic E-state index is -0.490. The van der Waals surface area contributed by atoms with Gasteiger partial charge in [0.2, 0.25) is 0 Å². The molecule has 0 radical (unpaired) electrons. The lowest BCUT2D eigenvalue weighted by Gasteiger charge is -2.23. The Morgan fingerprint density at radius 1 is 1.33 bits per heavy atom. The van der Waals surface area contributed by atoms with Gasteiger partial charge < -0.3 is 14.6 Å². The molecule has 1 unspecified atom stereocenters. The van der Waals surface area contributed by atoms with Gasteiger partial charge in [0, 0.05) is 6.54 Å². The lowest BCUT2D eigenvalue weighted by atomic mass is 9.98. The van der Waals surface area contributed by atoms with Crippen molar-refractivity contribution in [3.05, 3.63) is 18.2 Å². The van der Waals surface area contributed by atoms with Gasteiger partial charge in [0.15, 0.2) is 0 Å². The standard InChI is InChI=1S/C16H29N3O2/c1-11(2)12(3)9-19-10-17-8-14(19)13(4)18-15(20)21-16(5,6)7/h8,10-13H,9H2,1-7H3,(H,18,20)/t12?,13-/m0/s1. The van der Waals surface area contributed by atoms with Crippen LogP contribution in [0, 0.1) is 11.8 Å². The van der Waals surface area contributed by atoms with Gasteiger partial charge in [0.05, 0.1) is 24.3 Å². The quantitative estimate of drug-likeness (QED) is 0.899. The first-order valence-electron chi connectivity index (χ1n) is 7.59. The minimum Gasteiger partial charge on any atom is -0.444 e. The smallest absolute Gasteiger partial charge is 0.408 e. The number of carbonyl (C=O) groups is 1. The summed E-state index contributed by atoms with van der Waals surface area (Å²) in [4.78, 5) is 16.1. The van der Waals surface area contributed by atoms with Crippen LogP contribution in [-0.2, 0) is 11.3 Å². The molecule has 1 amide bonds. The van der Waals surface area contributed by atoms with Crippen molar-refractivity contribution >= 4 is 6.09 Å². The number of hydrogen-bond donors (Lipinski definition) is 1. The Kier molecular flexibility index (Phi) is 5.81. The molecule has 0 saturated heterocycles. The van der Waals surface area contributed by atoms with Crippen LogP contribution in [0.1, 0.15) is 60.2 Å². The molecule has 1 N–H and O–H groups in total. The fraction of sp³-hybridized carbons (Fsp3) is 0.750. The van der Waals surface area contributed by atoms with Crippen molar-refractivity contribution in [2.24, 2.45) is 11.8 Å². The van der Waals surface area contributed by atoms with Gasteiger partial charge in [0.25, 0.3) is 0 Å². The summed E-state index contributed by atoms with van der Waals surface area (Å²) >= 11 is 0. The largest absolute Gasteiger partial charge is 0.444 e. The van der Waals surface area contributed by atoms with Crippen molar-refractivity contribution in [3.63, 3.8) is 0 Å². The van der Waals surface area contributed by atoms with Crippen LogP contribution in [-0.4, -0.2) is 21.2 Å². The first-order chi connectivity index (χ1) is 9.60. The fourth-order valence-electron chi connectivity index (χ4n) is 1.92. The Morgan fingerprint density at radius 2 is 1.95 bits per heavy atom. The Labute approximate surface area is 128 Å². The summed E-state index contributed by atoms with van der Waals surface area (Å²) in [5.41, 5.74) is 0.504. The summed E-state index contributed by atoms with van der Waals surface area (Å²) in [6.07, 6.45) is 3.22. The number of ether oxygens (including phenoxy) is 1. The number of carbonyl (C=O) groups excluding carboxylic acids is 1. The maximum Gasteiger partial charge on any atom is 0.408 e. The molecular weight excluding hydrogens is 266 g/mol. The molecular formula is C16H29N3O2. The Bertz CT molecular complexity index is 460. The number of nitrogens with zero attached hydrogens (tertiary/aromatic N) is 2. The van der Waals surface area contributed by atoms with Gasteiger partial charge in [-0.3, -0.25) is 0 Å². The zero-order valence-corrected chi connectivity index (χ0v) is 14.3. The molecule has 1 heterocycles. The summed E-state index contributed by atoms with van der Waals surface area (Å²) in [6, 6.07) is -0.137. The first kappa shape index (κ1) is 17.5. The van der Waals surface area contributed by atoms with E-state index in [1.54, 1.807) is 6.20 Å². The lowest BCUT2D eigenvalue weighted by Crippen LogP contribution is -2.34. The highest BCUT2D eigenvalue weighted by Gasteiger charge is 2.20. The van der Waals surface area contributed by atoms with Crippen molar-refractivity contribution in [1.29, 1.82) is 0 Å². The molecule has 0 bridgehead atoms.